The summed E-state index contributed by atoms with van der Waals surface area (Å²) < 4.78 is 9.84. The number of ether oxygens (including phenoxy) is 2. The first kappa shape index (κ1) is 15.9. The fourth-order valence-corrected chi connectivity index (χ4v) is 2.43. The molecule has 0 fully saturated rings. The minimum atomic E-state index is -0.00931. The molecular formula is C13H26N2O2. The summed E-state index contributed by atoms with van der Waals surface area (Å²) in [6.45, 7) is 8.49. The molecule has 0 radical (unpaired) electrons. The van der Waals surface area contributed by atoms with Crippen LogP contribution in [0.25, 0.3) is 0 Å². The number of rotatable bonds is 6. The largest absolute Gasteiger partial charge is 0.484 e. The van der Waals surface area contributed by atoms with Gasteiger partial charge in [0.25, 0.3) is 0 Å². The Hall–Kier alpha value is -1.06. The van der Waals surface area contributed by atoms with E-state index in [1.165, 1.54) is 14.2 Å². The van der Waals surface area contributed by atoms with Crippen molar-refractivity contribution in [2.24, 2.45) is 10.8 Å². The van der Waals surface area contributed by atoms with Gasteiger partial charge in [-0.25, -0.2) is 0 Å². The van der Waals surface area contributed by atoms with Crippen LogP contribution in [0.1, 0.15) is 47.0 Å². The van der Waals surface area contributed by atoms with Gasteiger partial charge in [-0.3, -0.25) is 10.8 Å². The lowest BCUT2D eigenvalue weighted by atomic mass is 9.72. The van der Waals surface area contributed by atoms with Gasteiger partial charge in [0.1, 0.15) is 0 Å². The Morgan fingerprint density at radius 3 is 1.35 bits per heavy atom. The van der Waals surface area contributed by atoms with Crippen molar-refractivity contribution in [1.82, 2.24) is 0 Å². The third kappa shape index (κ3) is 6.97. The smallest absolute Gasteiger partial charge is 0.180 e. The molecule has 0 heterocycles. The van der Waals surface area contributed by atoms with Crippen LogP contribution in [-0.2, 0) is 9.47 Å². The van der Waals surface area contributed by atoms with Crippen LogP contribution in [0.5, 0.6) is 0 Å². The first-order valence-corrected chi connectivity index (χ1v) is 5.85. The zero-order chi connectivity index (χ0) is 13.7. The van der Waals surface area contributed by atoms with Crippen molar-refractivity contribution in [2.45, 2.75) is 47.0 Å². The van der Waals surface area contributed by atoms with Crippen molar-refractivity contribution in [3.63, 3.8) is 0 Å². The van der Waals surface area contributed by atoms with Gasteiger partial charge in [0.05, 0.1) is 14.2 Å². The maximum atomic E-state index is 7.59. The lowest BCUT2D eigenvalue weighted by Gasteiger charge is -2.34. The zero-order valence-electron chi connectivity index (χ0n) is 11.9. The second-order valence-corrected chi connectivity index (χ2v) is 6.11. The van der Waals surface area contributed by atoms with Crippen molar-refractivity contribution < 1.29 is 9.47 Å². The molecule has 0 aromatic carbocycles. The van der Waals surface area contributed by atoms with Crippen LogP contribution < -0.4 is 0 Å². The third-order valence-electron chi connectivity index (χ3n) is 2.73. The average molecular weight is 242 g/mol. The first-order valence-electron chi connectivity index (χ1n) is 5.85. The van der Waals surface area contributed by atoms with E-state index in [1.54, 1.807) is 0 Å². The van der Waals surface area contributed by atoms with Crippen LogP contribution in [-0.4, -0.2) is 26.0 Å². The quantitative estimate of drug-likeness (QED) is 0.553. The lowest BCUT2D eigenvalue weighted by Crippen LogP contribution is -2.28. The summed E-state index contributed by atoms with van der Waals surface area (Å²) >= 11 is 0. The van der Waals surface area contributed by atoms with E-state index >= 15 is 0 Å². The molecule has 0 saturated carbocycles. The van der Waals surface area contributed by atoms with Gasteiger partial charge < -0.3 is 9.47 Å². The summed E-state index contributed by atoms with van der Waals surface area (Å²) in [5, 5.41) is 15.2. The lowest BCUT2D eigenvalue weighted by molar-refractivity contribution is 0.188. The van der Waals surface area contributed by atoms with Gasteiger partial charge >= 0.3 is 0 Å². The van der Waals surface area contributed by atoms with E-state index in [0.29, 0.717) is 24.6 Å². The Kier molecular flexibility index (Phi) is 5.66. The molecule has 4 heteroatoms. The Balaban J connectivity index is 4.46. The maximum absolute atomic E-state index is 7.59. The molecule has 0 amide bonds. The molecule has 17 heavy (non-hydrogen) atoms. The van der Waals surface area contributed by atoms with Crippen molar-refractivity contribution in [3.8, 4) is 0 Å². The number of nitrogens with one attached hydrogen (secondary N) is 2. The van der Waals surface area contributed by atoms with E-state index in [-0.39, 0.29) is 10.8 Å². The summed E-state index contributed by atoms with van der Waals surface area (Å²) in [5.74, 6) is 0.625. The molecule has 0 rings (SSSR count). The average Bonchev–Trinajstić information content (AvgIpc) is 2.13. The number of methoxy groups -OCH3 is 2. The molecule has 0 spiro atoms. The Morgan fingerprint density at radius 2 is 1.12 bits per heavy atom. The highest BCUT2D eigenvalue weighted by atomic mass is 16.5. The zero-order valence-corrected chi connectivity index (χ0v) is 11.9. The topological polar surface area (TPSA) is 66.2 Å². The fourth-order valence-electron chi connectivity index (χ4n) is 2.43. The van der Waals surface area contributed by atoms with Crippen molar-refractivity contribution >= 4 is 11.8 Å². The van der Waals surface area contributed by atoms with Gasteiger partial charge in [-0.05, 0) is 17.3 Å². The third-order valence-corrected chi connectivity index (χ3v) is 2.73. The summed E-state index contributed by atoms with van der Waals surface area (Å²) in [7, 11) is 3.06. The van der Waals surface area contributed by atoms with Gasteiger partial charge in [-0.15, -0.1) is 0 Å². The van der Waals surface area contributed by atoms with Gasteiger partial charge in [0.2, 0.25) is 0 Å². The molecule has 0 aliphatic rings. The highest BCUT2D eigenvalue weighted by Gasteiger charge is 2.31. The standard InChI is InChI=1S/C13H26N2O2/c1-12(2,7-10(14)16-5)9-13(3,4)8-11(15)17-6/h14-15H,7-9H2,1-6H3. The van der Waals surface area contributed by atoms with E-state index in [9.17, 15) is 0 Å². The van der Waals surface area contributed by atoms with E-state index in [4.69, 9.17) is 20.3 Å². The van der Waals surface area contributed by atoms with Crippen LogP contribution >= 0.6 is 0 Å². The molecule has 0 atom stereocenters. The van der Waals surface area contributed by atoms with Gasteiger partial charge in [0, 0.05) is 12.8 Å². The van der Waals surface area contributed by atoms with Crippen molar-refractivity contribution in [3.05, 3.63) is 0 Å². The predicted molar refractivity (Wildman–Crippen MR) is 70.9 cm³/mol. The Bertz CT molecular complexity index is 255. The SMILES string of the molecule is COC(=N)CC(C)(C)CC(C)(C)CC(=N)OC. The molecule has 0 saturated heterocycles. The number of hydrogen-bond donors (Lipinski definition) is 2. The summed E-state index contributed by atoms with van der Waals surface area (Å²) in [6, 6.07) is 0. The minimum Gasteiger partial charge on any atom is -0.484 e. The number of hydrogen-bond acceptors (Lipinski definition) is 4. The second-order valence-electron chi connectivity index (χ2n) is 6.11. The van der Waals surface area contributed by atoms with Crippen LogP contribution in [0.4, 0.5) is 0 Å². The van der Waals surface area contributed by atoms with Crippen molar-refractivity contribution in [2.75, 3.05) is 14.2 Å². The normalized spacial score (nSPS) is 12.1. The molecule has 0 aromatic rings. The maximum Gasteiger partial charge on any atom is 0.180 e. The van der Waals surface area contributed by atoms with Gasteiger partial charge in [0.15, 0.2) is 11.8 Å². The second kappa shape index (κ2) is 6.03. The molecule has 0 aliphatic heterocycles. The van der Waals surface area contributed by atoms with Crippen LogP contribution in [0.2, 0.25) is 0 Å². The molecule has 0 bridgehead atoms. The fraction of sp³-hybridized carbons (Fsp3) is 0.846. The molecule has 0 aliphatic carbocycles. The molecular weight excluding hydrogens is 216 g/mol. The van der Waals surface area contributed by atoms with Crippen LogP contribution in [0.15, 0.2) is 0 Å². The molecule has 100 valence electrons. The summed E-state index contributed by atoms with van der Waals surface area (Å²) in [6.07, 6.45) is 2.15. The molecule has 4 nitrogen and oxygen atoms in total. The molecule has 0 aromatic heterocycles. The molecule has 0 unspecified atom stereocenters. The van der Waals surface area contributed by atoms with E-state index < -0.39 is 0 Å². The van der Waals surface area contributed by atoms with E-state index in [1.807, 2.05) is 0 Å². The van der Waals surface area contributed by atoms with Crippen LogP contribution in [0, 0.1) is 21.6 Å². The highest BCUT2D eigenvalue weighted by Crippen LogP contribution is 2.38. The molecule has 2 N–H and O–H groups in total. The summed E-state index contributed by atoms with van der Waals surface area (Å²) in [5.41, 5.74) is -0.0186. The van der Waals surface area contributed by atoms with Crippen molar-refractivity contribution in [1.29, 1.82) is 10.8 Å². The summed E-state index contributed by atoms with van der Waals surface area (Å²) in [4.78, 5) is 0. The van der Waals surface area contributed by atoms with E-state index in [0.717, 1.165) is 6.42 Å². The Morgan fingerprint density at radius 1 is 0.824 bits per heavy atom. The Labute approximate surface area is 105 Å². The van der Waals surface area contributed by atoms with E-state index in [2.05, 4.69) is 27.7 Å². The van der Waals surface area contributed by atoms with Crippen LogP contribution in [0.3, 0.4) is 0 Å². The first-order chi connectivity index (χ1) is 7.62. The predicted octanol–water partition coefficient (Wildman–Crippen LogP) is 3.46. The minimum absolute atomic E-state index is 0.00931. The van der Waals surface area contributed by atoms with Gasteiger partial charge in [-0.1, -0.05) is 27.7 Å². The van der Waals surface area contributed by atoms with Gasteiger partial charge in [-0.2, -0.15) is 0 Å². The highest BCUT2D eigenvalue weighted by molar-refractivity contribution is 5.74. The monoisotopic (exact) mass is 242 g/mol.